The van der Waals surface area contributed by atoms with Gasteiger partial charge in [0.2, 0.25) is 0 Å². The standard InChI is InChI=1S/C37H35N5O6S/c1-5-39(6-2)29-18-16-26(33(22-29)48-23-34(43)38-27-11-10-14-31(21-27)42(46)47)20-32-35(44)40(28-12-8-7-9-13-28)37(49)41(36(32)45)30-17-15-24(3)25(4)19-30/h7-22H,5-6,23H2,1-4H3,(H,38,43)/b32-20-. The van der Waals surface area contributed by atoms with E-state index in [-0.39, 0.29) is 27.8 Å². The van der Waals surface area contributed by atoms with Crippen molar-refractivity contribution in [2.24, 2.45) is 0 Å². The number of thiocarbonyl (C=S) groups is 1. The summed E-state index contributed by atoms with van der Waals surface area (Å²) in [6.45, 7) is 8.88. The maximum absolute atomic E-state index is 14.2. The van der Waals surface area contributed by atoms with Crippen molar-refractivity contribution in [2.45, 2.75) is 27.7 Å². The molecule has 0 unspecified atom stereocenters. The number of nitro groups is 1. The molecule has 0 radical (unpaired) electrons. The maximum atomic E-state index is 14.2. The van der Waals surface area contributed by atoms with E-state index in [1.807, 2.05) is 52.0 Å². The Labute approximate surface area is 289 Å². The molecule has 4 aromatic rings. The highest BCUT2D eigenvalue weighted by Crippen LogP contribution is 2.33. The second kappa shape index (κ2) is 14.9. The second-order valence-electron chi connectivity index (χ2n) is 11.3. The van der Waals surface area contributed by atoms with E-state index in [1.54, 1.807) is 42.5 Å². The van der Waals surface area contributed by atoms with E-state index in [4.69, 9.17) is 17.0 Å². The molecular formula is C37H35N5O6S. The number of hydrogen-bond donors (Lipinski definition) is 1. The number of benzene rings is 4. The van der Waals surface area contributed by atoms with Gasteiger partial charge in [-0.3, -0.25) is 34.3 Å². The number of rotatable bonds is 11. The zero-order valence-corrected chi connectivity index (χ0v) is 28.3. The smallest absolute Gasteiger partial charge is 0.271 e. The molecule has 0 saturated carbocycles. The van der Waals surface area contributed by atoms with E-state index in [0.717, 1.165) is 16.8 Å². The minimum atomic E-state index is -0.608. The summed E-state index contributed by atoms with van der Waals surface area (Å²) in [5.74, 6) is -1.52. The van der Waals surface area contributed by atoms with Gasteiger partial charge < -0.3 is 15.0 Å². The van der Waals surface area contributed by atoms with Crippen molar-refractivity contribution in [3.8, 4) is 5.75 Å². The van der Waals surface area contributed by atoms with Crippen LogP contribution in [0.2, 0.25) is 0 Å². The Bertz CT molecular complexity index is 1980. The van der Waals surface area contributed by atoms with Crippen molar-refractivity contribution in [1.82, 2.24) is 0 Å². The minimum absolute atomic E-state index is 0.0211. The predicted molar refractivity (Wildman–Crippen MR) is 195 cm³/mol. The molecule has 0 aliphatic carbocycles. The minimum Gasteiger partial charge on any atom is -0.483 e. The van der Waals surface area contributed by atoms with Crippen molar-refractivity contribution in [3.63, 3.8) is 0 Å². The first kappa shape index (κ1) is 34.5. The number of carbonyl (C=O) groups excluding carboxylic acids is 3. The van der Waals surface area contributed by atoms with Crippen molar-refractivity contribution >= 4 is 69.6 Å². The zero-order chi connectivity index (χ0) is 35.2. The highest BCUT2D eigenvalue weighted by Gasteiger charge is 2.41. The summed E-state index contributed by atoms with van der Waals surface area (Å²) < 4.78 is 6.02. The van der Waals surface area contributed by atoms with Crippen molar-refractivity contribution in [3.05, 3.63) is 123 Å². The monoisotopic (exact) mass is 677 g/mol. The van der Waals surface area contributed by atoms with Crippen molar-refractivity contribution in [1.29, 1.82) is 0 Å². The van der Waals surface area contributed by atoms with Crippen LogP contribution in [0, 0.1) is 24.0 Å². The number of ether oxygens (including phenoxy) is 1. The van der Waals surface area contributed by atoms with Crippen LogP contribution in [0.15, 0.2) is 96.6 Å². The lowest BCUT2D eigenvalue weighted by atomic mass is 10.0. The number of amides is 3. The fraction of sp³-hybridized carbons (Fsp3) is 0.189. The third-order valence-electron chi connectivity index (χ3n) is 8.14. The van der Waals surface area contributed by atoms with Gasteiger partial charge in [0.15, 0.2) is 11.7 Å². The lowest BCUT2D eigenvalue weighted by Gasteiger charge is -2.36. The molecule has 1 saturated heterocycles. The first-order chi connectivity index (χ1) is 23.5. The zero-order valence-electron chi connectivity index (χ0n) is 27.5. The van der Waals surface area contributed by atoms with Crippen LogP contribution in [0.25, 0.3) is 6.08 Å². The molecule has 0 aromatic heterocycles. The van der Waals surface area contributed by atoms with E-state index in [0.29, 0.717) is 30.0 Å². The fourth-order valence-corrected chi connectivity index (χ4v) is 5.75. The van der Waals surface area contributed by atoms with Gasteiger partial charge in [-0.2, -0.15) is 0 Å². The maximum Gasteiger partial charge on any atom is 0.271 e. The first-order valence-corrected chi connectivity index (χ1v) is 16.1. The molecule has 0 atom stereocenters. The van der Waals surface area contributed by atoms with E-state index in [9.17, 15) is 24.5 Å². The number of hydrogen-bond acceptors (Lipinski definition) is 8. The molecule has 12 heteroatoms. The molecule has 250 valence electrons. The Hall–Kier alpha value is -5.88. The Morgan fingerprint density at radius 1 is 0.878 bits per heavy atom. The average Bonchev–Trinajstić information content (AvgIpc) is 3.09. The van der Waals surface area contributed by atoms with Crippen LogP contribution in [0.5, 0.6) is 5.75 Å². The van der Waals surface area contributed by atoms with Gasteiger partial charge in [-0.05, 0) is 99.6 Å². The van der Waals surface area contributed by atoms with Crippen LogP contribution in [0.1, 0.15) is 30.5 Å². The number of para-hydroxylation sites is 1. The van der Waals surface area contributed by atoms with Crippen LogP contribution in [0.3, 0.4) is 0 Å². The van der Waals surface area contributed by atoms with E-state index < -0.39 is 29.3 Å². The van der Waals surface area contributed by atoms with Crippen LogP contribution in [-0.4, -0.2) is 47.5 Å². The van der Waals surface area contributed by atoms with Gasteiger partial charge >= 0.3 is 0 Å². The molecule has 49 heavy (non-hydrogen) atoms. The van der Waals surface area contributed by atoms with E-state index in [2.05, 4.69) is 10.2 Å². The molecule has 4 aromatic carbocycles. The third-order valence-corrected chi connectivity index (χ3v) is 8.50. The van der Waals surface area contributed by atoms with Gasteiger partial charge in [-0.1, -0.05) is 30.3 Å². The number of nitrogens with zero attached hydrogens (tertiary/aromatic N) is 4. The van der Waals surface area contributed by atoms with Gasteiger partial charge in [-0.25, -0.2) is 0 Å². The predicted octanol–water partition coefficient (Wildman–Crippen LogP) is 6.82. The Balaban J connectivity index is 1.55. The van der Waals surface area contributed by atoms with Gasteiger partial charge in [0.1, 0.15) is 11.3 Å². The normalized spacial score (nSPS) is 13.9. The van der Waals surface area contributed by atoms with E-state index >= 15 is 0 Å². The molecule has 1 N–H and O–H groups in total. The second-order valence-corrected chi connectivity index (χ2v) is 11.6. The molecule has 1 heterocycles. The molecule has 3 amide bonds. The number of nitrogens with one attached hydrogen (secondary N) is 1. The highest BCUT2D eigenvalue weighted by atomic mass is 32.1. The largest absolute Gasteiger partial charge is 0.483 e. The summed E-state index contributed by atoms with van der Waals surface area (Å²) in [6, 6.07) is 25.3. The number of anilines is 4. The van der Waals surface area contributed by atoms with Gasteiger partial charge in [-0.15, -0.1) is 0 Å². The van der Waals surface area contributed by atoms with Crippen molar-refractivity contribution < 1.29 is 24.0 Å². The van der Waals surface area contributed by atoms with Gasteiger partial charge in [0, 0.05) is 48.2 Å². The topological polar surface area (TPSA) is 125 Å². The summed E-state index contributed by atoms with van der Waals surface area (Å²) in [4.78, 5) is 56.7. The van der Waals surface area contributed by atoms with E-state index in [1.165, 1.54) is 40.1 Å². The third kappa shape index (κ3) is 7.49. The summed E-state index contributed by atoms with van der Waals surface area (Å²) in [5.41, 5.74) is 4.12. The lowest BCUT2D eigenvalue weighted by molar-refractivity contribution is -0.384. The molecule has 1 fully saturated rings. The van der Waals surface area contributed by atoms with Crippen LogP contribution >= 0.6 is 12.2 Å². The number of non-ortho nitro benzene ring substituents is 1. The Morgan fingerprint density at radius 2 is 1.57 bits per heavy atom. The molecule has 0 bridgehead atoms. The number of aryl methyl sites for hydroxylation is 2. The first-order valence-electron chi connectivity index (χ1n) is 15.6. The average molecular weight is 678 g/mol. The Morgan fingerprint density at radius 3 is 2.22 bits per heavy atom. The summed E-state index contributed by atoms with van der Waals surface area (Å²) in [5, 5.41) is 13.8. The summed E-state index contributed by atoms with van der Waals surface area (Å²) >= 11 is 5.78. The summed E-state index contributed by atoms with van der Waals surface area (Å²) in [6.07, 6.45) is 1.45. The van der Waals surface area contributed by atoms with Crippen LogP contribution < -0.4 is 24.8 Å². The molecule has 5 rings (SSSR count). The molecule has 0 spiro atoms. The number of nitro benzene ring substituents is 1. The molecule has 1 aliphatic rings. The quantitative estimate of drug-likeness (QED) is 0.0603. The van der Waals surface area contributed by atoms with Gasteiger partial charge in [0.25, 0.3) is 23.4 Å². The number of carbonyl (C=O) groups is 3. The lowest BCUT2D eigenvalue weighted by Crippen LogP contribution is -2.57. The Kier molecular flexibility index (Phi) is 10.5. The van der Waals surface area contributed by atoms with Crippen LogP contribution in [-0.2, 0) is 14.4 Å². The highest BCUT2D eigenvalue weighted by molar-refractivity contribution is 7.81. The summed E-state index contributed by atoms with van der Waals surface area (Å²) in [7, 11) is 0. The molecular weight excluding hydrogens is 643 g/mol. The SMILES string of the molecule is CCN(CC)c1ccc(/C=C2/C(=O)N(c3ccccc3)C(=S)N(c3ccc(C)c(C)c3)C2=O)c(OCC(=O)Nc2cccc([N+](=O)[O-])c2)c1. The van der Waals surface area contributed by atoms with Gasteiger partial charge in [0.05, 0.1) is 16.3 Å². The fourth-order valence-electron chi connectivity index (χ4n) is 5.37. The molecule has 11 nitrogen and oxygen atoms in total. The molecule has 1 aliphatic heterocycles. The van der Waals surface area contributed by atoms with Crippen LogP contribution in [0.4, 0.5) is 28.4 Å². The van der Waals surface area contributed by atoms with Crippen molar-refractivity contribution in [2.75, 3.05) is 39.7 Å².